The van der Waals surface area contributed by atoms with Gasteiger partial charge in [0, 0.05) is 29.1 Å². The summed E-state index contributed by atoms with van der Waals surface area (Å²) in [6.07, 6.45) is -0.185. The number of carbonyl (C=O) groups is 1. The molecule has 10 heteroatoms. The first-order valence-corrected chi connectivity index (χ1v) is 8.21. The molecule has 0 aliphatic heterocycles. The smallest absolute Gasteiger partial charge is 0.336 e. The largest absolute Gasteiger partial charge is 0.405 e. The summed E-state index contributed by atoms with van der Waals surface area (Å²) in [5.41, 5.74) is 3.21. The Hall–Kier alpha value is -3.69. The molecule has 142 valence electrons. The molecule has 28 heavy (non-hydrogen) atoms. The van der Waals surface area contributed by atoms with Crippen LogP contribution < -0.4 is 5.32 Å². The molecule has 0 bridgehead atoms. The molecule has 0 saturated heterocycles. The molecule has 7 nitrogen and oxygen atoms in total. The van der Waals surface area contributed by atoms with Crippen LogP contribution >= 0.6 is 0 Å². The van der Waals surface area contributed by atoms with E-state index in [1.807, 2.05) is 30.3 Å². The van der Waals surface area contributed by atoms with Crippen LogP contribution in [0, 0.1) is 0 Å². The third kappa shape index (κ3) is 3.56. The first kappa shape index (κ1) is 17.7. The highest BCUT2D eigenvalue weighted by molar-refractivity contribution is 5.91. The van der Waals surface area contributed by atoms with Crippen molar-refractivity contribution in [2.24, 2.45) is 0 Å². The zero-order valence-corrected chi connectivity index (χ0v) is 14.2. The fourth-order valence-corrected chi connectivity index (χ4v) is 2.71. The Labute approximate surface area is 156 Å². The van der Waals surface area contributed by atoms with Crippen molar-refractivity contribution in [3.8, 4) is 22.5 Å². The fraction of sp³-hybridized carbons (Fsp3) is 0.111. The molecule has 0 fully saturated rings. The van der Waals surface area contributed by atoms with Gasteiger partial charge in [-0.05, 0) is 6.07 Å². The van der Waals surface area contributed by atoms with Gasteiger partial charge in [0.1, 0.15) is 12.4 Å². The molecule has 0 saturated carbocycles. The van der Waals surface area contributed by atoms with Gasteiger partial charge in [-0.25, -0.2) is 14.8 Å². The van der Waals surface area contributed by atoms with Crippen molar-refractivity contribution in [1.82, 2.24) is 30.0 Å². The molecule has 1 aromatic carbocycles. The molecule has 0 unspecified atom stereocenters. The normalized spacial score (nSPS) is 11.7. The Morgan fingerprint density at radius 2 is 1.93 bits per heavy atom. The Bertz CT molecular complexity index is 1130. The fourth-order valence-electron chi connectivity index (χ4n) is 2.71. The Morgan fingerprint density at radius 1 is 1.14 bits per heavy atom. The van der Waals surface area contributed by atoms with Gasteiger partial charge in [-0.3, -0.25) is 0 Å². The van der Waals surface area contributed by atoms with Crippen LogP contribution in [0.3, 0.4) is 0 Å². The highest BCUT2D eigenvalue weighted by Crippen LogP contribution is 2.28. The minimum absolute atomic E-state index is 0.477. The lowest BCUT2D eigenvalue weighted by molar-refractivity contribution is -0.122. The van der Waals surface area contributed by atoms with Crippen LogP contribution in [-0.4, -0.2) is 43.5 Å². The van der Waals surface area contributed by atoms with E-state index in [2.05, 4.69) is 20.1 Å². The summed E-state index contributed by atoms with van der Waals surface area (Å²) in [5, 5.41) is 5.62. The maximum atomic E-state index is 12.3. The lowest BCUT2D eigenvalue weighted by atomic mass is 10.1. The van der Waals surface area contributed by atoms with Crippen LogP contribution in [0.15, 0.2) is 55.0 Å². The molecule has 0 radical (unpaired) electrons. The van der Waals surface area contributed by atoms with E-state index in [4.69, 9.17) is 0 Å². The van der Waals surface area contributed by atoms with Crippen molar-refractivity contribution < 1.29 is 18.0 Å². The number of nitrogens with zero attached hydrogens (tertiary/aromatic N) is 4. The minimum Gasteiger partial charge on any atom is -0.336 e. The molecule has 1 amide bonds. The van der Waals surface area contributed by atoms with E-state index in [0.29, 0.717) is 28.1 Å². The number of halogens is 3. The highest BCUT2D eigenvalue weighted by Gasteiger charge is 2.28. The second-order valence-corrected chi connectivity index (χ2v) is 5.96. The number of hydrogen-bond acceptors (Lipinski definition) is 4. The first-order valence-electron chi connectivity index (χ1n) is 8.21. The number of rotatable bonds is 3. The van der Waals surface area contributed by atoms with Gasteiger partial charge in [0.15, 0.2) is 5.65 Å². The van der Waals surface area contributed by atoms with Gasteiger partial charge in [-0.1, -0.05) is 30.3 Å². The standard InChI is InChI=1S/C18H13F3N6O/c19-18(20,21)10-23-17(28)27-9-12(8-24-27)13-6-7-22-16-14(13)25-15(26-16)11-4-2-1-3-5-11/h1-9H,10H2,(H,23,28)(H,22,25,26). The van der Waals surface area contributed by atoms with Gasteiger partial charge in [-0.2, -0.15) is 23.0 Å². The quantitative estimate of drug-likeness (QED) is 0.563. The number of nitrogens with one attached hydrogen (secondary N) is 2. The number of fused-ring (bicyclic) bond motifs is 1. The monoisotopic (exact) mass is 386 g/mol. The zero-order chi connectivity index (χ0) is 19.7. The van der Waals surface area contributed by atoms with Crippen LogP contribution in [0.1, 0.15) is 0 Å². The number of pyridine rings is 1. The molecule has 3 heterocycles. The second kappa shape index (κ2) is 6.80. The third-order valence-electron chi connectivity index (χ3n) is 3.98. The summed E-state index contributed by atoms with van der Waals surface area (Å²) in [6.45, 7) is -1.43. The Morgan fingerprint density at radius 3 is 2.68 bits per heavy atom. The van der Waals surface area contributed by atoms with E-state index in [9.17, 15) is 18.0 Å². The zero-order valence-electron chi connectivity index (χ0n) is 14.2. The van der Waals surface area contributed by atoms with Crippen molar-refractivity contribution in [3.63, 3.8) is 0 Å². The summed E-state index contributed by atoms with van der Waals surface area (Å²) in [7, 11) is 0. The van der Waals surface area contributed by atoms with Crippen molar-refractivity contribution >= 4 is 17.2 Å². The first-order chi connectivity index (χ1) is 13.4. The van der Waals surface area contributed by atoms with Crippen LogP contribution in [0.5, 0.6) is 0 Å². The second-order valence-electron chi connectivity index (χ2n) is 5.96. The summed E-state index contributed by atoms with van der Waals surface area (Å²) in [4.78, 5) is 23.8. The molecule has 0 spiro atoms. The van der Waals surface area contributed by atoms with Crippen molar-refractivity contribution in [2.45, 2.75) is 6.18 Å². The number of H-pyrrole nitrogens is 1. The SMILES string of the molecule is O=C(NCC(F)(F)F)n1cc(-c2ccnc3nc(-c4ccccc4)[nH]c23)cn1. The summed E-state index contributed by atoms with van der Waals surface area (Å²) in [5.74, 6) is 0.630. The van der Waals surface area contributed by atoms with Gasteiger partial charge < -0.3 is 10.3 Å². The molecular formula is C18H13F3N6O. The van der Waals surface area contributed by atoms with Crippen LogP contribution in [0.2, 0.25) is 0 Å². The number of alkyl halides is 3. The molecule has 0 aliphatic carbocycles. The third-order valence-corrected chi connectivity index (χ3v) is 3.98. The molecular weight excluding hydrogens is 373 g/mol. The lowest BCUT2D eigenvalue weighted by Gasteiger charge is -2.07. The van der Waals surface area contributed by atoms with E-state index in [-0.39, 0.29) is 0 Å². The lowest BCUT2D eigenvalue weighted by Crippen LogP contribution is -2.36. The van der Waals surface area contributed by atoms with E-state index < -0.39 is 18.8 Å². The van der Waals surface area contributed by atoms with Crippen LogP contribution in [0.4, 0.5) is 18.0 Å². The number of amides is 1. The predicted molar refractivity (Wildman–Crippen MR) is 95.4 cm³/mol. The van der Waals surface area contributed by atoms with Gasteiger partial charge in [-0.15, -0.1) is 0 Å². The minimum atomic E-state index is -4.49. The van der Waals surface area contributed by atoms with E-state index in [1.54, 1.807) is 17.6 Å². The van der Waals surface area contributed by atoms with E-state index >= 15 is 0 Å². The summed E-state index contributed by atoms with van der Waals surface area (Å²) < 4.78 is 37.6. The van der Waals surface area contributed by atoms with Gasteiger partial charge in [0.05, 0.1) is 11.7 Å². The summed E-state index contributed by atoms with van der Waals surface area (Å²) >= 11 is 0. The molecule has 4 rings (SSSR count). The number of aromatic nitrogens is 5. The average Bonchev–Trinajstić information content (AvgIpc) is 3.33. The Balaban J connectivity index is 1.66. The molecule has 2 N–H and O–H groups in total. The van der Waals surface area contributed by atoms with Gasteiger partial charge in [0.2, 0.25) is 0 Å². The predicted octanol–water partition coefficient (Wildman–Crippen LogP) is 3.61. The van der Waals surface area contributed by atoms with Crippen molar-refractivity contribution in [2.75, 3.05) is 6.54 Å². The van der Waals surface area contributed by atoms with Crippen LogP contribution in [0.25, 0.3) is 33.7 Å². The highest BCUT2D eigenvalue weighted by atomic mass is 19.4. The molecule has 0 aliphatic rings. The van der Waals surface area contributed by atoms with E-state index in [1.165, 1.54) is 12.4 Å². The molecule has 4 aromatic rings. The van der Waals surface area contributed by atoms with Crippen molar-refractivity contribution in [3.05, 3.63) is 55.0 Å². The van der Waals surface area contributed by atoms with Gasteiger partial charge >= 0.3 is 12.2 Å². The maximum Gasteiger partial charge on any atom is 0.405 e. The maximum absolute atomic E-state index is 12.3. The number of aromatic amines is 1. The molecule has 3 aromatic heterocycles. The summed E-state index contributed by atoms with van der Waals surface area (Å²) in [6, 6.07) is 10.2. The van der Waals surface area contributed by atoms with Crippen LogP contribution in [-0.2, 0) is 0 Å². The number of benzene rings is 1. The Kier molecular flexibility index (Phi) is 4.30. The average molecular weight is 386 g/mol. The topological polar surface area (TPSA) is 88.5 Å². The molecule has 0 atom stereocenters. The number of hydrogen-bond donors (Lipinski definition) is 2. The van der Waals surface area contributed by atoms with Crippen molar-refractivity contribution in [1.29, 1.82) is 0 Å². The number of imidazole rings is 1. The van der Waals surface area contributed by atoms with Gasteiger partial charge in [0.25, 0.3) is 0 Å². The number of carbonyl (C=O) groups excluding carboxylic acids is 1. The van der Waals surface area contributed by atoms with E-state index in [0.717, 1.165) is 10.2 Å².